The quantitative estimate of drug-likeness (QED) is 0.839. The normalized spacial score (nSPS) is 28.6. The molecule has 1 fully saturated rings. The summed E-state index contributed by atoms with van der Waals surface area (Å²) in [6.45, 7) is 8.52. The molecular formula is C14H29NO2S. The van der Waals surface area contributed by atoms with Gasteiger partial charge in [0.05, 0.1) is 11.0 Å². The Kier molecular flexibility index (Phi) is 5.24. The van der Waals surface area contributed by atoms with E-state index in [0.717, 1.165) is 25.7 Å². The molecule has 0 aliphatic heterocycles. The molecule has 108 valence electrons. The molecule has 0 aromatic heterocycles. The Morgan fingerprint density at radius 3 is 2.44 bits per heavy atom. The molecule has 18 heavy (non-hydrogen) atoms. The maximum atomic E-state index is 12.5. The van der Waals surface area contributed by atoms with Gasteiger partial charge in [-0.1, -0.05) is 34.1 Å². The SMILES string of the molecule is CNC1C(S(=O)(=O)CCC(C)C)CCCC1(C)C. The van der Waals surface area contributed by atoms with Crippen LogP contribution in [0.3, 0.4) is 0 Å². The molecule has 0 saturated heterocycles. The van der Waals surface area contributed by atoms with Crippen LogP contribution in [0.25, 0.3) is 0 Å². The highest BCUT2D eigenvalue weighted by atomic mass is 32.2. The molecule has 4 heteroatoms. The lowest BCUT2D eigenvalue weighted by Crippen LogP contribution is -2.54. The highest BCUT2D eigenvalue weighted by Crippen LogP contribution is 2.38. The third-order valence-electron chi connectivity index (χ3n) is 4.28. The standard InChI is InChI=1S/C14H29NO2S/c1-11(2)8-10-18(16,17)12-7-6-9-14(3,4)13(12)15-5/h11-13,15H,6-10H2,1-5H3. The zero-order valence-corrected chi connectivity index (χ0v) is 13.3. The first-order valence-corrected chi connectivity index (χ1v) is 8.81. The molecule has 0 heterocycles. The number of sulfone groups is 1. The van der Waals surface area contributed by atoms with Crippen LogP contribution in [0.4, 0.5) is 0 Å². The van der Waals surface area contributed by atoms with Crippen molar-refractivity contribution in [3.8, 4) is 0 Å². The van der Waals surface area contributed by atoms with Crippen molar-refractivity contribution in [3.05, 3.63) is 0 Å². The van der Waals surface area contributed by atoms with E-state index in [1.807, 2.05) is 7.05 Å². The zero-order valence-electron chi connectivity index (χ0n) is 12.5. The predicted molar refractivity (Wildman–Crippen MR) is 77.5 cm³/mol. The van der Waals surface area contributed by atoms with Crippen LogP contribution in [-0.2, 0) is 9.84 Å². The smallest absolute Gasteiger partial charge is 0.154 e. The number of hydrogen-bond donors (Lipinski definition) is 1. The van der Waals surface area contributed by atoms with E-state index in [1.54, 1.807) is 0 Å². The summed E-state index contributed by atoms with van der Waals surface area (Å²) in [5.41, 5.74) is 0.0720. The van der Waals surface area contributed by atoms with Crippen LogP contribution in [0.1, 0.15) is 53.4 Å². The van der Waals surface area contributed by atoms with E-state index in [1.165, 1.54) is 0 Å². The molecule has 0 spiro atoms. The van der Waals surface area contributed by atoms with Gasteiger partial charge in [0.1, 0.15) is 0 Å². The molecule has 1 saturated carbocycles. The highest BCUT2D eigenvalue weighted by Gasteiger charge is 2.43. The van der Waals surface area contributed by atoms with E-state index < -0.39 is 9.84 Å². The predicted octanol–water partition coefficient (Wildman–Crippen LogP) is 2.61. The first-order chi connectivity index (χ1) is 8.20. The van der Waals surface area contributed by atoms with E-state index >= 15 is 0 Å². The largest absolute Gasteiger partial charge is 0.315 e. The van der Waals surface area contributed by atoms with Gasteiger partial charge in [-0.3, -0.25) is 0 Å². The molecule has 3 nitrogen and oxygen atoms in total. The van der Waals surface area contributed by atoms with Crippen LogP contribution in [0.2, 0.25) is 0 Å². The summed E-state index contributed by atoms with van der Waals surface area (Å²) >= 11 is 0. The Morgan fingerprint density at radius 2 is 1.94 bits per heavy atom. The first kappa shape index (κ1) is 16.0. The van der Waals surface area contributed by atoms with Gasteiger partial charge in [-0.05, 0) is 37.6 Å². The summed E-state index contributed by atoms with van der Waals surface area (Å²) in [6, 6.07) is 0.0865. The second-order valence-electron chi connectivity index (χ2n) is 6.74. The van der Waals surface area contributed by atoms with Gasteiger partial charge < -0.3 is 5.32 Å². The van der Waals surface area contributed by atoms with Gasteiger partial charge in [0.25, 0.3) is 0 Å². The third kappa shape index (κ3) is 3.70. The summed E-state index contributed by atoms with van der Waals surface area (Å²) in [6.07, 6.45) is 3.72. The average molecular weight is 275 g/mol. The van der Waals surface area contributed by atoms with Crippen LogP contribution in [-0.4, -0.2) is 32.5 Å². The molecule has 0 amide bonds. The third-order valence-corrected chi connectivity index (χ3v) is 6.51. The number of rotatable bonds is 5. The molecule has 2 atom stereocenters. The van der Waals surface area contributed by atoms with Crippen LogP contribution in [0, 0.1) is 11.3 Å². The molecule has 1 aliphatic rings. The Bertz CT molecular complexity index is 360. The van der Waals surface area contributed by atoms with E-state index in [2.05, 4.69) is 33.0 Å². The fourth-order valence-electron chi connectivity index (χ4n) is 3.10. The molecule has 1 rings (SSSR count). The van der Waals surface area contributed by atoms with E-state index in [0.29, 0.717) is 11.7 Å². The molecule has 1 N–H and O–H groups in total. The van der Waals surface area contributed by atoms with Crippen LogP contribution < -0.4 is 5.32 Å². The molecule has 0 bridgehead atoms. The minimum Gasteiger partial charge on any atom is -0.315 e. The number of nitrogens with one attached hydrogen (secondary N) is 1. The molecule has 1 aliphatic carbocycles. The van der Waals surface area contributed by atoms with Gasteiger partial charge in [-0.25, -0.2) is 8.42 Å². The summed E-state index contributed by atoms with van der Waals surface area (Å²) < 4.78 is 25.0. The van der Waals surface area contributed by atoms with E-state index in [4.69, 9.17) is 0 Å². The Balaban J connectivity index is 2.85. The van der Waals surface area contributed by atoms with Crippen molar-refractivity contribution in [2.24, 2.45) is 11.3 Å². The lowest BCUT2D eigenvalue weighted by molar-refractivity contribution is 0.178. The molecule has 0 aromatic rings. The maximum absolute atomic E-state index is 12.5. The van der Waals surface area contributed by atoms with Crippen LogP contribution >= 0.6 is 0 Å². The topological polar surface area (TPSA) is 46.2 Å². The van der Waals surface area contributed by atoms with Gasteiger partial charge >= 0.3 is 0 Å². The number of hydrogen-bond acceptors (Lipinski definition) is 3. The second-order valence-corrected chi connectivity index (χ2v) is 9.07. The van der Waals surface area contributed by atoms with Crippen molar-refractivity contribution >= 4 is 9.84 Å². The molecular weight excluding hydrogens is 246 g/mol. The fraction of sp³-hybridized carbons (Fsp3) is 1.00. The van der Waals surface area contributed by atoms with Crippen molar-refractivity contribution in [3.63, 3.8) is 0 Å². The summed E-state index contributed by atoms with van der Waals surface area (Å²) in [5.74, 6) is 0.785. The first-order valence-electron chi connectivity index (χ1n) is 7.09. The lowest BCUT2D eigenvalue weighted by atomic mass is 9.73. The Hall–Kier alpha value is -0.0900. The van der Waals surface area contributed by atoms with Crippen molar-refractivity contribution in [1.29, 1.82) is 0 Å². The fourth-order valence-corrected chi connectivity index (χ4v) is 5.65. The van der Waals surface area contributed by atoms with Crippen LogP contribution in [0.15, 0.2) is 0 Å². The van der Waals surface area contributed by atoms with Crippen molar-refractivity contribution < 1.29 is 8.42 Å². The van der Waals surface area contributed by atoms with Crippen LogP contribution in [0.5, 0.6) is 0 Å². The minimum atomic E-state index is -2.97. The second kappa shape index (κ2) is 5.91. The summed E-state index contributed by atoms with van der Waals surface area (Å²) in [7, 11) is -1.08. The average Bonchev–Trinajstić information content (AvgIpc) is 2.25. The molecule has 0 aromatic carbocycles. The van der Waals surface area contributed by atoms with E-state index in [9.17, 15) is 8.42 Å². The monoisotopic (exact) mass is 275 g/mol. The van der Waals surface area contributed by atoms with Gasteiger partial charge in [0.15, 0.2) is 9.84 Å². The Labute approximate surface area is 113 Å². The molecule has 2 unspecified atom stereocenters. The highest BCUT2D eigenvalue weighted by molar-refractivity contribution is 7.92. The van der Waals surface area contributed by atoms with Crippen molar-refractivity contribution in [1.82, 2.24) is 5.32 Å². The van der Waals surface area contributed by atoms with Crippen molar-refractivity contribution in [2.45, 2.75) is 64.7 Å². The maximum Gasteiger partial charge on any atom is 0.154 e. The zero-order chi connectivity index (χ0) is 14.0. The van der Waals surface area contributed by atoms with Gasteiger partial charge in [-0.15, -0.1) is 0 Å². The van der Waals surface area contributed by atoms with E-state index in [-0.39, 0.29) is 16.7 Å². The van der Waals surface area contributed by atoms with Gasteiger partial charge in [-0.2, -0.15) is 0 Å². The summed E-state index contributed by atoms with van der Waals surface area (Å²) in [5, 5.41) is 3.06. The minimum absolute atomic E-state index is 0.0720. The summed E-state index contributed by atoms with van der Waals surface area (Å²) in [4.78, 5) is 0. The van der Waals surface area contributed by atoms with Gasteiger partial charge in [0.2, 0.25) is 0 Å². The Morgan fingerprint density at radius 1 is 1.33 bits per heavy atom. The molecule has 0 radical (unpaired) electrons. The lowest BCUT2D eigenvalue weighted by Gasteiger charge is -2.43. The van der Waals surface area contributed by atoms with Crippen molar-refractivity contribution in [2.75, 3.05) is 12.8 Å². The van der Waals surface area contributed by atoms with Gasteiger partial charge in [0, 0.05) is 6.04 Å².